The maximum absolute atomic E-state index is 11.4. The number of nitrogens with one attached hydrogen (secondary N) is 1. The quantitative estimate of drug-likeness (QED) is 0.552. The fourth-order valence-corrected chi connectivity index (χ4v) is 1.70. The first-order valence-electron chi connectivity index (χ1n) is 4.87. The highest BCUT2D eigenvalue weighted by atomic mass is 16.5. The van der Waals surface area contributed by atoms with Crippen LogP contribution in [-0.2, 0) is 4.74 Å². The fourth-order valence-electron chi connectivity index (χ4n) is 1.70. The highest BCUT2D eigenvalue weighted by Crippen LogP contribution is 2.26. The van der Waals surface area contributed by atoms with Crippen molar-refractivity contribution in [1.29, 1.82) is 0 Å². The molecule has 1 saturated heterocycles. The van der Waals surface area contributed by atoms with Gasteiger partial charge in [0.05, 0.1) is 12.7 Å². The molecular formula is C9H12N2O5. The lowest BCUT2D eigenvalue weighted by atomic mass is 10.2. The second-order valence-electron chi connectivity index (χ2n) is 3.63. The molecule has 1 fully saturated rings. The molecule has 0 amide bonds. The SMILES string of the molecule is O=c1ccn([C@@H]2C[C@@H](O)[C@H](CO)O2)c(=O)[nH]1. The van der Waals surface area contributed by atoms with Gasteiger partial charge in [-0.1, -0.05) is 0 Å². The van der Waals surface area contributed by atoms with E-state index in [0.29, 0.717) is 0 Å². The zero-order valence-corrected chi connectivity index (χ0v) is 8.37. The highest BCUT2D eigenvalue weighted by Gasteiger charge is 2.34. The maximum Gasteiger partial charge on any atom is 0.330 e. The van der Waals surface area contributed by atoms with Crippen molar-refractivity contribution in [2.24, 2.45) is 0 Å². The molecule has 2 heterocycles. The minimum Gasteiger partial charge on any atom is -0.394 e. The molecule has 1 aliphatic rings. The van der Waals surface area contributed by atoms with E-state index in [4.69, 9.17) is 9.84 Å². The van der Waals surface area contributed by atoms with Crippen molar-refractivity contribution in [3.05, 3.63) is 33.1 Å². The van der Waals surface area contributed by atoms with Crippen molar-refractivity contribution in [3.8, 4) is 0 Å². The number of aliphatic hydroxyl groups excluding tert-OH is 2. The Morgan fingerprint density at radius 3 is 2.88 bits per heavy atom. The number of hydrogen-bond acceptors (Lipinski definition) is 5. The third-order valence-electron chi connectivity index (χ3n) is 2.55. The number of aromatic amines is 1. The van der Waals surface area contributed by atoms with Crippen LogP contribution in [0.4, 0.5) is 0 Å². The number of nitrogens with zero attached hydrogens (tertiary/aromatic N) is 1. The summed E-state index contributed by atoms with van der Waals surface area (Å²) in [6, 6.07) is 1.20. The van der Waals surface area contributed by atoms with Crippen LogP contribution in [0.2, 0.25) is 0 Å². The molecule has 2 rings (SSSR count). The predicted octanol–water partition coefficient (Wildman–Crippen LogP) is -1.82. The molecule has 0 bridgehead atoms. The van der Waals surface area contributed by atoms with Gasteiger partial charge in [-0.05, 0) is 0 Å². The predicted molar refractivity (Wildman–Crippen MR) is 52.9 cm³/mol. The van der Waals surface area contributed by atoms with E-state index in [9.17, 15) is 14.7 Å². The summed E-state index contributed by atoms with van der Waals surface area (Å²) < 4.78 is 6.45. The van der Waals surface area contributed by atoms with Gasteiger partial charge in [0, 0.05) is 18.7 Å². The maximum atomic E-state index is 11.4. The Labute approximate surface area is 89.9 Å². The lowest BCUT2D eigenvalue weighted by molar-refractivity contribution is -0.0459. The molecule has 3 atom stereocenters. The lowest BCUT2D eigenvalue weighted by Gasteiger charge is -2.13. The summed E-state index contributed by atoms with van der Waals surface area (Å²) in [5, 5.41) is 18.4. The van der Waals surface area contributed by atoms with Crippen molar-refractivity contribution < 1.29 is 14.9 Å². The molecule has 0 spiro atoms. The van der Waals surface area contributed by atoms with Crippen LogP contribution in [0.1, 0.15) is 12.6 Å². The average molecular weight is 228 g/mol. The lowest BCUT2D eigenvalue weighted by Crippen LogP contribution is -2.31. The van der Waals surface area contributed by atoms with Crippen molar-refractivity contribution >= 4 is 0 Å². The van der Waals surface area contributed by atoms with E-state index < -0.39 is 29.7 Å². The number of H-pyrrole nitrogens is 1. The summed E-state index contributed by atoms with van der Waals surface area (Å²) in [6.07, 6.45) is -0.649. The summed E-state index contributed by atoms with van der Waals surface area (Å²) >= 11 is 0. The smallest absolute Gasteiger partial charge is 0.330 e. The molecule has 0 aliphatic carbocycles. The van der Waals surface area contributed by atoms with Gasteiger partial charge in [0.15, 0.2) is 0 Å². The first-order valence-corrected chi connectivity index (χ1v) is 4.87. The summed E-state index contributed by atoms with van der Waals surface area (Å²) in [6.45, 7) is -0.310. The van der Waals surface area contributed by atoms with Gasteiger partial charge >= 0.3 is 5.69 Å². The zero-order valence-electron chi connectivity index (χ0n) is 8.37. The van der Waals surface area contributed by atoms with E-state index in [1.807, 2.05) is 0 Å². The normalized spacial score (nSPS) is 29.5. The van der Waals surface area contributed by atoms with Crippen molar-refractivity contribution in [2.45, 2.75) is 24.9 Å². The Bertz CT molecular complexity index is 479. The van der Waals surface area contributed by atoms with Crippen LogP contribution in [-0.4, -0.2) is 38.6 Å². The number of aromatic nitrogens is 2. The van der Waals surface area contributed by atoms with Crippen LogP contribution in [0.15, 0.2) is 21.9 Å². The molecule has 1 aromatic heterocycles. The molecule has 1 aromatic rings. The summed E-state index contributed by atoms with van der Waals surface area (Å²) in [4.78, 5) is 24.3. The number of hydrogen-bond donors (Lipinski definition) is 3. The third kappa shape index (κ3) is 1.92. The van der Waals surface area contributed by atoms with E-state index in [1.54, 1.807) is 0 Å². The molecule has 0 unspecified atom stereocenters. The third-order valence-corrected chi connectivity index (χ3v) is 2.55. The first-order chi connectivity index (χ1) is 7.61. The second-order valence-corrected chi connectivity index (χ2v) is 3.63. The van der Waals surface area contributed by atoms with Gasteiger partial charge in [-0.15, -0.1) is 0 Å². The van der Waals surface area contributed by atoms with Crippen LogP contribution in [0.5, 0.6) is 0 Å². The Kier molecular flexibility index (Phi) is 2.90. The molecule has 3 N–H and O–H groups in total. The molecule has 7 heteroatoms. The minimum absolute atomic E-state index is 0.206. The van der Waals surface area contributed by atoms with Gasteiger partial charge in [0.25, 0.3) is 5.56 Å². The van der Waals surface area contributed by atoms with E-state index in [0.717, 1.165) is 0 Å². The minimum atomic E-state index is -0.811. The molecule has 0 aromatic carbocycles. The average Bonchev–Trinajstić information content (AvgIpc) is 2.59. The fraction of sp³-hybridized carbons (Fsp3) is 0.556. The topological polar surface area (TPSA) is 105 Å². The van der Waals surface area contributed by atoms with Gasteiger partial charge in [-0.25, -0.2) is 4.79 Å². The molecule has 16 heavy (non-hydrogen) atoms. The molecule has 0 saturated carbocycles. The van der Waals surface area contributed by atoms with E-state index in [1.165, 1.54) is 16.8 Å². The summed E-state index contributed by atoms with van der Waals surface area (Å²) in [7, 11) is 0. The molecule has 1 aliphatic heterocycles. The largest absolute Gasteiger partial charge is 0.394 e. The van der Waals surface area contributed by atoms with E-state index >= 15 is 0 Å². The van der Waals surface area contributed by atoms with Gasteiger partial charge in [-0.3, -0.25) is 14.3 Å². The monoisotopic (exact) mass is 228 g/mol. The molecule has 88 valence electrons. The van der Waals surface area contributed by atoms with Gasteiger partial charge in [0.1, 0.15) is 12.3 Å². The van der Waals surface area contributed by atoms with Crippen LogP contribution in [0.3, 0.4) is 0 Å². The molecule has 0 radical (unpaired) electrons. The Morgan fingerprint density at radius 1 is 1.56 bits per heavy atom. The number of aliphatic hydroxyl groups is 2. The van der Waals surface area contributed by atoms with Crippen molar-refractivity contribution in [1.82, 2.24) is 9.55 Å². The van der Waals surface area contributed by atoms with Crippen molar-refractivity contribution in [2.75, 3.05) is 6.61 Å². The molecular weight excluding hydrogens is 216 g/mol. The van der Waals surface area contributed by atoms with Crippen LogP contribution >= 0.6 is 0 Å². The number of ether oxygens (including phenoxy) is 1. The highest BCUT2D eigenvalue weighted by molar-refractivity contribution is 4.88. The van der Waals surface area contributed by atoms with Gasteiger partial charge < -0.3 is 14.9 Å². The Hall–Kier alpha value is -1.44. The zero-order chi connectivity index (χ0) is 11.7. The molecule has 7 nitrogen and oxygen atoms in total. The first kappa shape index (κ1) is 11.1. The summed E-state index contributed by atoms with van der Waals surface area (Å²) in [5.41, 5.74) is -1.08. The summed E-state index contributed by atoms with van der Waals surface area (Å²) in [5.74, 6) is 0. The van der Waals surface area contributed by atoms with Gasteiger partial charge in [-0.2, -0.15) is 0 Å². The second kappa shape index (κ2) is 4.20. The van der Waals surface area contributed by atoms with Crippen LogP contribution in [0.25, 0.3) is 0 Å². The Balaban J connectivity index is 2.27. The van der Waals surface area contributed by atoms with E-state index in [-0.39, 0.29) is 13.0 Å². The standard InChI is InChI=1S/C9H12N2O5/c12-4-6-5(13)3-8(16-6)11-2-1-7(14)10-9(11)15/h1-2,5-6,8,12-13H,3-4H2,(H,10,14,15)/t5-,6+,8+/m1/s1. The van der Waals surface area contributed by atoms with Crippen LogP contribution in [0, 0.1) is 0 Å². The Morgan fingerprint density at radius 2 is 2.31 bits per heavy atom. The van der Waals surface area contributed by atoms with Crippen molar-refractivity contribution in [3.63, 3.8) is 0 Å². The number of rotatable bonds is 2. The van der Waals surface area contributed by atoms with E-state index in [2.05, 4.69) is 4.98 Å². The van der Waals surface area contributed by atoms with Gasteiger partial charge in [0.2, 0.25) is 0 Å². The van der Waals surface area contributed by atoms with Crippen LogP contribution < -0.4 is 11.2 Å².